The van der Waals surface area contributed by atoms with Crippen molar-refractivity contribution in [1.29, 1.82) is 0 Å². The largest absolute Gasteiger partial charge is 0.337 e. The first-order valence-electron chi connectivity index (χ1n) is 8.44. The normalized spacial score (nSPS) is 19.6. The van der Waals surface area contributed by atoms with Crippen LogP contribution in [0.25, 0.3) is 0 Å². The molecule has 25 heavy (non-hydrogen) atoms. The number of pyridine rings is 1. The number of rotatable bonds is 3. The lowest BCUT2D eigenvalue weighted by atomic mass is 9.84. The van der Waals surface area contributed by atoms with Gasteiger partial charge in [0.2, 0.25) is 5.91 Å². The first kappa shape index (κ1) is 16.1. The minimum absolute atomic E-state index is 0.0615. The van der Waals surface area contributed by atoms with Gasteiger partial charge in [-0.2, -0.15) is 0 Å². The van der Waals surface area contributed by atoms with E-state index < -0.39 is 0 Å². The van der Waals surface area contributed by atoms with E-state index in [2.05, 4.69) is 14.6 Å². The molecule has 0 radical (unpaired) electrons. The van der Waals surface area contributed by atoms with Gasteiger partial charge in [0.15, 0.2) is 5.69 Å². The topological polar surface area (TPSA) is 79.3 Å². The first-order valence-corrected chi connectivity index (χ1v) is 9.27. The molecule has 0 saturated carbocycles. The van der Waals surface area contributed by atoms with Gasteiger partial charge in [-0.3, -0.25) is 14.6 Å². The molecule has 0 unspecified atom stereocenters. The van der Waals surface area contributed by atoms with E-state index in [-0.39, 0.29) is 17.4 Å². The van der Waals surface area contributed by atoms with E-state index in [0.717, 1.165) is 24.8 Å². The molecule has 8 heteroatoms. The number of carbonyl (C=O) groups is 2. The predicted octanol–water partition coefficient (Wildman–Crippen LogP) is 1.73. The standard InChI is InChI=1S/C17H19N5O2S/c23-15-1-4-17(22(15)11-13-2-7-18-8-3-13)5-9-21(10-6-17)16(24)14-12-25-20-19-14/h2-3,7-8,12H,1,4-6,9-11H2. The summed E-state index contributed by atoms with van der Waals surface area (Å²) in [5.41, 5.74) is 1.38. The van der Waals surface area contributed by atoms with Crippen LogP contribution in [0.5, 0.6) is 0 Å². The lowest BCUT2D eigenvalue weighted by molar-refractivity contribution is -0.133. The summed E-state index contributed by atoms with van der Waals surface area (Å²) in [6, 6.07) is 3.90. The molecule has 2 aliphatic heterocycles. The van der Waals surface area contributed by atoms with Crippen LogP contribution < -0.4 is 0 Å². The van der Waals surface area contributed by atoms with Crippen LogP contribution in [-0.4, -0.2) is 54.8 Å². The van der Waals surface area contributed by atoms with E-state index in [1.165, 1.54) is 11.5 Å². The van der Waals surface area contributed by atoms with Gasteiger partial charge >= 0.3 is 0 Å². The Labute approximate surface area is 149 Å². The van der Waals surface area contributed by atoms with Crippen LogP contribution >= 0.6 is 11.5 Å². The van der Waals surface area contributed by atoms with Gasteiger partial charge in [-0.1, -0.05) is 4.49 Å². The second kappa shape index (κ2) is 6.51. The SMILES string of the molecule is O=C(c1csnn1)N1CCC2(CCC(=O)N2Cc2ccncc2)CC1. The summed E-state index contributed by atoms with van der Waals surface area (Å²) in [6.45, 7) is 1.91. The van der Waals surface area contributed by atoms with Gasteiger partial charge in [-0.15, -0.1) is 5.10 Å². The zero-order valence-electron chi connectivity index (χ0n) is 13.8. The van der Waals surface area contributed by atoms with Crippen LogP contribution in [0.2, 0.25) is 0 Å². The molecule has 2 aromatic rings. The zero-order chi connectivity index (χ0) is 17.3. The molecule has 2 saturated heterocycles. The summed E-state index contributed by atoms with van der Waals surface area (Å²) in [5.74, 6) is 0.147. The van der Waals surface area contributed by atoms with Crippen molar-refractivity contribution in [3.63, 3.8) is 0 Å². The van der Waals surface area contributed by atoms with Crippen molar-refractivity contribution >= 4 is 23.3 Å². The van der Waals surface area contributed by atoms with Crippen LogP contribution in [0.1, 0.15) is 41.7 Å². The molecule has 0 N–H and O–H groups in total. The first-order chi connectivity index (χ1) is 12.2. The van der Waals surface area contributed by atoms with Crippen LogP contribution in [-0.2, 0) is 11.3 Å². The van der Waals surface area contributed by atoms with E-state index in [1.54, 1.807) is 17.8 Å². The monoisotopic (exact) mass is 357 g/mol. The van der Waals surface area contributed by atoms with Crippen molar-refractivity contribution in [2.75, 3.05) is 13.1 Å². The fourth-order valence-electron chi connectivity index (χ4n) is 3.87. The Kier molecular flexibility index (Phi) is 4.20. The molecule has 0 atom stereocenters. The summed E-state index contributed by atoms with van der Waals surface area (Å²) < 4.78 is 3.76. The summed E-state index contributed by atoms with van der Waals surface area (Å²) >= 11 is 1.19. The third-order valence-corrected chi connectivity index (χ3v) is 5.83. The smallest absolute Gasteiger partial charge is 0.275 e. The van der Waals surface area contributed by atoms with Crippen LogP contribution in [0, 0.1) is 0 Å². The van der Waals surface area contributed by atoms with Crippen LogP contribution in [0.3, 0.4) is 0 Å². The van der Waals surface area contributed by atoms with Crippen molar-refractivity contribution in [1.82, 2.24) is 24.4 Å². The number of nitrogens with zero attached hydrogens (tertiary/aromatic N) is 5. The van der Waals surface area contributed by atoms with Crippen molar-refractivity contribution in [2.24, 2.45) is 0 Å². The minimum Gasteiger partial charge on any atom is -0.337 e. The third kappa shape index (κ3) is 3.02. The van der Waals surface area contributed by atoms with Crippen molar-refractivity contribution in [2.45, 2.75) is 37.8 Å². The van der Waals surface area contributed by atoms with Crippen molar-refractivity contribution < 1.29 is 9.59 Å². The van der Waals surface area contributed by atoms with Gasteiger partial charge in [-0.25, -0.2) is 0 Å². The Morgan fingerprint density at radius 1 is 1.20 bits per heavy atom. The molecule has 2 aliphatic rings. The van der Waals surface area contributed by atoms with Gasteiger partial charge in [-0.05, 0) is 48.5 Å². The molecular weight excluding hydrogens is 338 g/mol. The summed E-state index contributed by atoms with van der Waals surface area (Å²) in [7, 11) is 0. The third-order valence-electron chi connectivity index (χ3n) is 5.33. The van der Waals surface area contributed by atoms with E-state index >= 15 is 0 Å². The summed E-state index contributed by atoms with van der Waals surface area (Å²) in [4.78, 5) is 32.8. The Morgan fingerprint density at radius 3 is 2.64 bits per heavy atom. The zero-order valence-corrected chi connectivity index (χ0v) is 14.6. The molecule has 2 amide bonds. The summed E-state index contributed by atoms with van der Waals surface area (Å²) in [5, 5.41) is 5.55. The van der Waals surface area contributed by atoms with E-state index in [4.69, 9.17) is 0 Å². The maximum Gasteiger partial charge on any atom is 0.275 e. The van der Waals surface area contributed by atoms with Gasteiger partial charge in [0, 0.05) is 49.4 Å². The number of amides is 2. The van der Waals surface area contributed by atoms with E-state index in [9.17, 15) is 9.59 Å². The highest BCUT2D eigenvalue weighted by Crippen LogP contribution is 2.40. The van der Waals surface area contributed by atoms with Crippen molar-refractivity contribution in [3.8, 4) is 0 Å². The average Bonchev–Trinajstić information content (AvgIpc) is 3.28. The van der Waals surface area contributed by atoms with Gasteiger partial charge in [0.25, 0.3) is 5.91 Å². The molecule has 0 aliphatic carbocycles. The Hall–Kier alpha value is -2.35. The number of aromatic nitrogens is 3. The Bertz CT molecular complexity index is 757. The molecular formula is C17H19N5O2S. The highest BCUT2D eigenvalue weighted by Gasteiger charge is 2.47. The van der Waals surface area contributed by atoms with Gasteiger partial charge in [0.1, 0.15) is 0 Å². The lowest BCUT2D eigenvalue weighted by Crippen LogP contribution is -2.53. The maximum absolute atomic E-state index is 12.5. The highest BCUT2D eigenvalue weighted by molar-refractivity contribution is 7.03. The molecule has 4 rings (SSSR count). The fraction of sp³-hybridized carbons (Fsp3) is 0.471. The lowest BCUT2D eigenvalue weighted by Gasteiger charge is -2.45. The Morgan fingerprint density at radius 2 is 1.96 bits per heavy atom. The van der Waals surface area contributed by atoms with Crippen LogP contribution in [0.15, 0.2) is 29.9 Å². The molecule has 7 nitrogen and oxygen atoms in total. The maximum atomic E-state index is 12.5. The molecule has 2 aromatic heterocycles. The highest BCUT2D eigenvalue weighted by atomic mass is 32.1. The van der Waals surface area contributed by atoms with Crippen LogP contribution in [0.4, 0.5) is 0 Å². The predicted molar refractivity (Wildman–Crippen MR) is 91.8 cm³/mol. The van der Waals surface area contributed by atoms with Gasteiger partial charge < -0.3 is 9.80 Å². The summed E-state index contributed by atoms with van der Waals surface area (Å²) in [6.07, 6.45) is 6.60. The Balaban J connectivity index is 1.47. The minimum atomic E-state index is -0.128. The number of likely N-dealkylation sites (tertiary alicyclic amines) is 2. The fourth-order valence-corrected chi connectivity index (χ4v) is 4.30. The molecule has 1 spiro atoms. The molecule has 2 fully saturated rings. The second-order valence-corrected chi connectivity index (χ2v) is 7.25. The number of hydrogen-bond acceptors (Lipinski definition) is 6. The van der Waals surface area contributed by atoms with Gasteiger partial charge in [0.05, 0.1) is 0 Å². The number of hydrogen-bond donors (Lipinski definition) is 0. The number of carbonyl (C=O) groups excluding carboxylic acids is 2. The molecule has 0 bridgehead atoms. The number of piperidine rings is 1. The molecule has 0 aromatic carbocycles. The second-order valence-electron chi connectivity index (χ2n) is 6.64. The molecule has 4 heterocycles. The average molecular weight is 357 g/mol. The van der Waals surface area contributed by atoms with E-state index in [1.807, 2.05) is 21.9 Å². The molecule has 130 valence electrons. The van der Waals surface area contributed by atoms with E-state index in [0.29, 0.717) is 31.7 Å². The quantitative estimate of drug-likeness (QED) is 0.836. The van der Waals surface area contributed by atoms with Crippen molar-refractivity contribution in [3.05, 3.63) is 41.2 Å².